The zero-order valence-corrected chi connectivity index (χ0v) is 9.78. The molecular formula is C10H8Cl2F2O2. The first kappa shape index (κ1) is 13.2. The lowest BCUT2D eigenvalue weighted by atomic mass is 10.1. The maximum Gasteiger partial charge on any atom is 0.300 e. The minimum Gasteiger partial charge on any atom is -0.491 e. The Labute approximate surface area is 101 Å². The average Bonchev–Trinajstić information content (AvgIpc) is 2.21. The van der Waals surface area contributed by atoms with Gasteiger partial charge in [-0.2, -0.15) is 0 Å². The van der Waals surface area contributed by atoms with Crippen molar-refractivity contribution in [1.82, 2.24) is 0 Å². The van der Waals surface area contributed by atoms with Crippen LogP contribution in [0.2, 0.25) is 10.0 Å². The summed E-state index contributed by atoms with van der Waals surface area (Å²) in [5, 5.41) is 0.0803. The fraction of sp³-hybridized carbons (Fsp3) is 0.300. The summed E-state index contributed by atoms with van der Waals surface area (Å²) in [5.41, 5.74) is -0.228. The van der Waals surface area contributed by atoms with E-state index in [0.29, 0.717) is 6.61 Å². The van der Waals surface area contributed by atoms with Gasteiger partial charge in [0.15, 0.2) is 5.75 Å². The molecule has 0 atom stereocenters. The predicted octanol–water partition coefficient (Wildman–Crippen LogP) is 3.84. The van der Waals surface area contributed by atoms with Crippen LogP contribution in [-0.4, -0.2) is 18.8 Å². The van der Waals surface area contributed by atoms with Gasteiger partial charge in [-0.25, -0.2) is 8.78 Å². The second-order valence-electron chi connectivity index (χ2n) is 2.87. The minimum absolute atomic E-state index is 0.0401. The van der Waals surface area contributed by atoms with Crippen molar-refractivity contribution < 1.29 is 18.3 Å². The van der Waals surface area contributed by atoms with Crippen molar-refractivity contribution in [2.75, 3.05) is 6.61 Å². The highest BCUT2D eigenvalue weighted by Gasteiger charge is 2.20. The highest BCUT2D eigenvalue weighted by molar-refractivity contribution is 6.37. The van der Waals surface area contributed by atoms with Crippen LogP contribution in [0.15, 0.2) is 12.1 Å². The van der Waals surface area contributed by atoms with E-state index in [1.54, 1.807) is 6.92 Å². The van der Waals surface area contributed by atoms with Crippen LogP contribution in [0.4, 0.5) is 8.78 Å². The van der Waals surface area contributed by atoms with E-state index in [1.165, 1.54) is 0 Å². The fourth-order valence-electron chi connectivity index (χ4n) is 1.11. The molecule has 0 heterocycles. The van der Waals surface area contributed by atoms with Crippen molar-refractivity contribution in [3.8, 4) is 5.75 Å². The molecule has 0 aliphatic rings. The Kier molecular flexibility index (Phi) is 4.50. The van der Waals surface area contributed by atoms with Crippen LogP contribution in [0.25, 0.3) is 0 Å². The van der Waals surface area contributed by atoms with Gasteiger partial charge in [0.2, 0.25) is 5.78 Å². The fourth-order valence-corrected chi connectivity index (χ4v) is 1.71. The van der Waals surface area contributed by atoms with E-state index in [-0.39, 0.29) is 21.4 Å². The van der Waals surface area contributed by atoms with Crippen molar-refractivity contribution in [2.45, 2.75) is 13.3 Å². The second kappa shape index (κ2) is 5.46. The molecule has 0 fully saturated rings. The summed E-state index contributed by atoms with van der Waals surface area (Å²) in [7, 11) is 0. The first-order chi connectivity index (χ1) is 7.47. The predicted molar refractivity (Wildman–Crippen MR) is 58.0 cm³/mol. The second-order valence-corrected chi connectivity index (χ2v) is 3.68. The zero-order valence-electron chi connectivity index (χ0n) is 8.27. The molecule has 1 aromatic carbocycles. The molecule has 0 radical (unpaired) electrons. The van der Waals surface area contributed by atoms with E-state index >= 15 is 0 Å². The Hall–Kier alpha value is -0.870. The molecular weight excluding hydrogens is 261 g/mol. The average molecular weight is 269 g/mol. The first-order valence-corrected chi connectivity index (χ1v) is 5.17. The Morgan fingerprint density at radius 3 is 2.25 bits per heavy atom. The molecule has 0 amide bonds. The molecule has 0 N–H and O–H groups in total. The van der Waals surface area contributed by atoms with Gasteiger partial charge in [0.1, 0.15) is 0 Å². The number of hydrogen-bond donors (Lipinski definition) is 0. The lowest BCUT2D eigenvalue weighted by molar-refractivity contribution is 0.0678. The maximum absolute atomic E-state index is 12.2. The SMILES string of the molecule is CCOc1c(Cl)cc(C(=O)C(F)F)cc1Cl. The molecule has 1 rings (SSSR count). The van der Waals surface area contributed by atoms with Crippen LogP contribution in [0, 0.1) is 0 Å². The quantitative estimate of drug-likeness (QED) is 0.776. The molecule has 2 nitrogen and oxygen atoms in total. The van der Waals surface area contributed by atoms with Gasteiger partial charge in [-0.3, -0.25) is 4.79 Å². The van der Waals surface area contributed by atoms with Gasteiger partial charge in [-0.15, -0.1) is 0 Å². The topological polar surface area (TPSA) is 26.3 Å². The standard InChI is InChI=1S/C10H8Cl2F2O2/c1-2-16-9-6(11)3-5(4-7(9)12)8(15)10(13)14/h3-4,10H,2H2,1H3. The number of hydrogen-bond acceptors (Lipinski definition) is 2. The Morgan fingerprint density at radius 1 is 1.38 bits per heavy atom. The zero-order chi connectivity index (χ0) is 12.3. The number of Topliss-reactive ketones (excluding diaryl/α,β-unsaturated/α-hetero) is 1. The highest BCUT2D eigenvalue weighted by Crippen LogP contribution is 2.34. The maximum atomic E-state index is 12.2. The summed E-state index contributed by atoms with van der Waals surface area (Å²) in [6.45, 7) is 2.06. The number of ketones is 1. The van der Waals surface area contributed by atoms with Gasteiger partial charge >= 0.3 is 6.43 Å². The van der Waals surface area contributed by atoms with E-state index in [9.17, 15) is 13.6 Å². The van der Waals surface area contributed by atoms with Crippen LogP contribution in [0.3, 0.4) is 0 Å². The molecule has 6 heteroatoms. The summed E-state index contributed by atoms with van der Waals surface area (Å²) in [4.78, 5) is 11.0. The summed E-state index contributed by atoms with van der Waals surface area (Å²) in [6, 6.07) is 2.24. The number of halogens is 4. The molecule has 88 valence electrons. The van der Waals surface area contributed by atoms with E-state index < -0.39 is 12.2 Å². The molecule has 0 aromatic heterocycles. The molecule has 1 aromatic rings. The first-order valence-electron chi connectivity index (χ1n) is 4.41. The van der Waals surface area contributed by atoms with Crippen LogP contribution in [-0.2, 0) is 0 Å². The number of carbonyl (C=O) groups excluding carboxylic acids is 1. The third-order valence-electron chi connectivity index (χ3n) is 1.77. The number of benzene rings is 1. The van der Waals surface area contributed by atoms with E-state index in [2.05, 4.69) is 0 Å². The van der Waals surface area contributed by atoms with E-state index in [4.69, 9.17) is 27.9 Å². The summed E-state index contributed by atoms with van der Waals surface area (Å²) < 4.78 is 29.4. The van der Waals surface area contributed by atoms with Crippen molar-refractivity contribution in [3.05, 3.63) is 27.7 Å². The molecule has 16 heavy (non-hydrogen) atoms. The van der Waals surface area contributed by atoms with Gasteiger partial charge in [0.05, 0.1) is 16.7 Å². The van der Waals surface area contributed by atoms with Gasteiger partial charge in [-0.1, -0.05) is 23.2 Å². The van der Waals surface area contributed by atoms with Crippen molar-refractivity contribution >= 4 is 29.0 Å². The Morgan fingerprint density at radius 2 is 1.88 bits per heavy atom. The van der Waals surface area contributed by atoms with E-state index in [0.717, 1.165) is 12.1 Å². The van der Waals surface area contributed by atoms with Crippen molar-refractivity contribution in [3.63, 3.8) is 0 Å². The molecule has 0 aliphatic heterocycles. The summed E-state index contributed by atoms with van der Waals surface area (Å²) in [6.07, 6.45) is -3.08. The van der Waals surface area contributed by atoms with Gasteiger partial charge in [0, 0.05) is 5.56 Å². The normalized spacial score (nSPS) is 10.6. The third kappa shape index (κ3) is 2.83. The van der Waals surface area contributed by atoms with Crippen LogP contribution >= 0.6 is 23.2 Å². The van der Waals surface area contributed by atoms with Crippen LogP contribution < -0.4 is 4.74 Å². The minimum atomic E-state index is -3.08. The lowest BCUT2D eigenvalue weighted by Crippen LogP contribution is -2.10. The smallest absolute Gasteiger partial charge is 0.300 e. The lowest BCUT2D eigenvalue weighted by Gasteiger charge is -2.09. The van der Waals surface area contributed by atoms with Gasteiger partial charge in [0.25, 0.3) is 0 Å². The van der Waals surface area contributed by atoms with Crippen LogP contribution in [0.5, 0.6) is 5.75 Å². The van der Waals surface area contributed by atoms with E-state index in [1.807, 2.05) is 0 Å². The Balaban J connectivity index is 3.14. The third-order valence-corrected chi connectivity index (χ3v) is 2.33. The number of alkyl halides is 2. The monoisotopic (exact) mass is 268 g/mol. The highest BCUT2D eigenvalue weighted by atomic mass is 35.5. The van der Waals surface area contributed by atoms with Crippen molar-refractivity contribution in [2.24, 2.45) is 0 Å². The molecule has 0 aliphatic carbocycles. The summed E-state index contributed by atoms with van der Waals surface area (Å²) in [5.74, 6) is -1.12. The molecule has 0 bridgehead atoms. The Bertz CT molecular complexity index is 385. The largest absolute Gasteiger partial charge is 0.491 e. The van der Waals surface area contributed by atoms with Gasteiger partial charge < -0.3 is 4.74 Å². The number of carbonyl (C=O) groups is 1. The van der Waals surface area contributed by atoms with Gasteiger partial charge in [-0.05, 0) is 19.1 Å². The molecule has 0 saturated carbocycles. The van der Waals surface area contributed by atoms with Crippen LogP contribution in [0.1, 0.15) is 17.3 Å². The summed E-state index contributed by atoms with van der Waals surface area (Å²) >= 11 is 11.5. The number of ether oxygens (including phenoxy) is 1. The molecule has 0 spiro atoms. The number of rotatable bonds is 4. The van der Waals surface area contributed by atoms with Crippen molar-refractivity contribution in [1.29, 1.82) is 0 Å². The molecule has 0 unspecified atom stereocenters. The molecule has 0 saturated heterocycles.